The first-order valence-corrected chi connectivity index (χ1v) is 8.84. The molecular weight excluding hydrogens is 302 g/mol. The Balaban J connectivity index is 2.12. The third-order valence-electron chi connectivity index (χ3n) is 3.97. The highest BCUT2D eigenvalue weighted by atomic mass is 32.2. The van der Waals surface area contributed by atoms with Crippen LogP contribution in [0.1, 0.15) is 25.7 Å². The van der Waals surface area contributed by atoms with Gasteiger partial charge < -0.3 is 11.1 Å². The predicted molar refractivity (Wildman–Crippen MR) is 85.9 cm³/mol. The molecule has 2 unspecified atom stereocenters. The molecule has 1 aromatic carbocycles. The fourth-order valence-electron chi connectivity index (χ4n) is 2.66. The van der Waals surface area contributed by atoms with E-state index in [0.29, 0.717) is 12.1 Å². The van der Waals surface area contributed by atoms with E-state index in [4.69, 9.17) is 5.73 Å². The maximum Gasteiger partial charge on any atom is 0.242 e. The predicted octanol–water partition coefficient (Wildman–Crippen LogP) is 1.39. The number of anilines is 1. The van der Waals surface area contributed by atoms with Gasteiger partial charge in [-0.3, -0.25) is 4.79 Å². The SMILES string of the molecule is CN(C)S(=O)(=O)c1cccc(NC(=O)C2CCCC(N)C2)c1. The van der Waals surface area contributed by atoms with Gasteiger partial charge in [0.1, 0.15) is 0 Å². The van der Waals surface area contributed by atoms with E-state index in [1.54, 1.807) is 12.1 Å². The number of amides is 1. The molecule has 1 amide bonds. The summed E-state index contributed by atoms with van der Waals surface area (Å²) < 4.78 is 25.4. The Kier molecular flexibility index (Phi) is 5.20. The van der Waals surface area contributed by atoms with Crippen LogP contribution in [0.4, 0.5) is 5.69 Å². The lowest BCUT2D eigenvalue weighted by atomic mass is 9.85. The van der Waals surface area contributed by atoms with Crippen molar-refractivity contribution in [3.05, 3.63) is 24.3 Å². The number of benzene rings is 1. The van der Waals surface area contributed by atoms with Crippen LogP contribution in [0.15, 0.2) is 29.2 Å². The van der Waals surface area contributed by atoms with Gasteiger partial charge in [-0.1, -0.05) is 12.5 Å². The van der Waals surface area contributed by atoms with Gasteiger partial charge in [-0.05, 0) is 37.5 Å². The van der Waals surface area contributed by atoms with Crippen molar-refractivity contribution in [1.82, 2.24) is 4.31 Å². The Labute approximate surface area is 131 Å². The van der Waals surface area contributed by atoms with E-state index >= 15 is 0 Å². The molecule has 6 nitrogen and oxygen atoms in total. The minimum absolute atomic E-state index is 0.0740. The second-order valence-electron chi connectivity index (χ2n) is 5.93. The van der Waals surface area contributed by atoms with E-state index in [-0.39, 0.29) is 22.8 Å². The summed E-state index contributed by atoms with van der Waals surface area (Å²) in [5.41, 5.74) is 6.40. The van der Waals surface area contributed by atoms with Crippen molar-refractivity contribution in [3.8, 4) is 0 Å². The topological polar surface area (TPSA) is 92.5 Å². The van der Waals surface area contributed by atoms with Crippen LogP contribution in [0.5, 0.6) is 0 Å². The molecule has 1 saturated carbocycles. The van der Waals surface area contributed by atoms with Gasteiger partial charge in [0.05, 0.1) is 4.90 Å². The average molecular weight is 325 g/mol. The van der Waals surface area contributed by atoms with Crippen LogP contribution in [0.2, 0.25) is 0 Å². The van der Waals surface area contributed by atoms with Crippen LogP contribution in [-0.4, -0.2) is 38.8 Å². The summed E-state index contributed by atoms with van der Waals surface area (Å²) in [6.07, 6.45) is 3.42. The van der Waals surface area contributed by atoms with Crippen LogP contribution in [0, 0.1) is 5.92 Å². The van der Waals surface area contributed by atoms with E-state index in [9.17, 15) is 13.2 Å². The monoisotopic (exact) mass is 325 g/mol. The highest BCUT2D eigenvalue weighted by Crippen LogP contribution is 2.25. The summed E-state index contributed by atoms with van der Waals surface area (Å²) >= 11 is 0. The molecule has 1 aliphatic rings. The minimum atomic E-state index is -3.51. The highest BCUT2D eigenvalue weighted by Gasteiger charge is 2.25. The first-order chi connectivity index (χ1) is 10.3. The average Bonchev–Trinajstić information content (AvgIpc) is 2.47. The molecule has 122 valence electrons. The Hall–Kier alpha value is -1.44. The summed E-state index contributed by atoms with van der Waals surface area (Å²) in [4.78, 5) is 12.4. The second kappa shape index (κ2) is 6.76. The van der Waals surface area contributed by atoms with E-state index in [1.165, 1.54) is 26.2 Å². The zero-order chi connectivity index (χ0) is 16.3. The van der Waals surface area contributed by atoms with Crippen molar-refractivity contribution >= 4 is 21.6 Å². The number of hydrogen-bond donors (Lipinski definition) is 2. The van der Waals surface area contributed by atoms with Gasteiger partial charge in [-0.15, -0.1) is 0 Å². The second-order valence-corrected chi connectivity index (χ2v) is 8.08. The first-order valence-electron chi connectivity index (χ1n) is 7.39. The number of nitrogens with zero attached hydrogens (tertiary/aromatic N) is 1. The molecule has 0 aromatic heterocycles. The lowest BCUT2D eigenvalue weighted by molar-refractivity contribution is -0.120. The molecule has 1 fully saturated rings. The molecule has 0 radical (unpaired) electrons. The number of nitrogens with two attached hydrogens (primary N) is 1. The molecule has 0 saturated heterocycles. The van der Waals surface area contributed by atoms with Gasteiger partial charge in [-0.2, -0.15) is 0 Å². The maximum atomic E-state index is 12.3. The molecule has 0 heterocycles. The van der Waals surface area contributed by atoms with Crippen LogP contribution >= 0.6 is 0 Å². The Morgan fingerprint density at radius 3 is 2.68 bits per heavy atom. The van der Waals surface area contributed by atoms with Gasteiger partial charge in [0.2, 0.25) is 15.9 Å². The fraction of sp³-hybridized carbons (Fsp3) is 0.533. The van der Waals surface area contributed by atoms with Crippen molar-refractivity contribution in [2.24, 2.45) is 11.7 Å². The first kappa shape index (κ1) is 16.9. The van der Waals surface area contributed by atoms with Gasteiger partial charge in [0.25, 0.3) is 0 Å². The molecule has 7 heteroatoms. The standard InChI is InChI=1S/C15H23N3O3S/c1-18(2)22(20,21)14-8-4-7-13(10-14)17-15(19)11-5-3-6-12(16)9-11/h4,7-8,10-12H,3,5-6,9,16H2,1-2H3,(H,17,19). The molecule has 2 atom stereocenters. The van der Waals surface area contributed by atoms with Crippen LogP contribution in [0.3, 0.4) is 0 Å². The third-order valence-corrected chi connectivity index (χ3v) is 5.78. The number of carbonyl (C=O) groups excluding carboxylic acids is 1. The molecule has 3 N–H and O–H groups in total. The van der Waals surface area contributed by atoms with Crippen LogP contribution in [0.25, 0.3) is 0 Å². The van der Waals surface area contributed by atoms with Gasteiger partial charge in [0.15, 0.2) is 0 Å². The zero-order valence-corrected chi connectivity index (χ0v) is 13.8. The zero-order valence-electron chi connectivity index (χ0n) is 13.0. The summed E-state index contributed by atoms with van der Waals surface area (Å²) in [7, 11) is -0.554. The highest BCUT2D eigenvalue weighted by molar-refractivity contribution is 7.89. The molecule has 0 bridgehead atoms. The van der Waals surface area contributed by atoms with Gasteiger partial charge in [0, 0.05) is 31.7 Å². The Morgan fingerprint density at radius 2 is 2.05 bits per heavy atom. The fourth-order valence-corrected chi connectivity index (χ4v) is 3.60. The summed E-state index contributed by atoms with van der Waals surface area (Å²) in [6, 6.07) is 6.38. The molecule has 0 aliphatic heterocycles. The smallest absolute Gasteiger partial charge is 0.242 e. The maximum absolute atomic E-state index is 12.3. The van der Waals surface area contributed by atoms with E-state index in [0.717, 1.165) is 23.6 Å². The number of sulfonamides is 1. The van der Waals surface area contributed by atoms with Gasteiger partial charge in [-0.25, -0.2) is 12.7 Å². The van der Waals surface area contributed by atoms with E-state index < -0.39 is 10.0 Å². The summed E-state index contributed by atoms with van der Waals surface area (Å²) in [5.74, 6) is -0.188. The Bertz CT molecular complexity index is 643. The minimum Gasteiger partial charge on any atom is -0.328 e. The van der Waals surface area contributed by atoms with Crippen molar-refractivity contribution in [2.45, 2.75) is 36.6 Å². The van der Waals surface area contributed by atoms with Crippen molar-refractivity contribution < 1.29 is 13.2 Å². The molecule has 1 aromatic rings. The number of hydrogen-bond acceptors (Lipinski definition) is 4. The van der Waals surface area contributed by atoms with Crippen molar-refractivity contribution in [1.29, 1.82) is 0 Å². The summed E-state index contributed by atoms with van der Waals surface area (Å²) in [5, 5.41) is 2.81. The molecular formula is C15H23N3O3S. The largest absolute Gasteiger partial charge is 0.328 e. The van der Waals surface area contributed by atoms with Crippen LogP contribution < -0.4 is 11.1 Å². The normalized spacial score (nSPS) is 22.5. The number of carbonyl (C=O) groups is 1. The molecule has 1 aliphatic carbocycles. The van der Waals surface area contributed by atoms with E-state index in [2.05, 4.69) is 5.32 Å². The molecule has 0 spiro atoms. The summed E-state index contributed by atoms with van der Waals surface area (Å²) in [6.45, 7) is 0. The Morgan fingerprint density at radius 1 is 1.32 bits per heavy atom. The van der Waals surface area contributed by atoms with E-state index in [1.807, 2.05) is 0 Å². The quantitative estimate of drug-likeness (QED) is 0.875. The molecule has 22 heavy (non-hydrogen) atoms. The number of rotatable bonds is 4. The third kappa shape index (κ3) is 3.85. The van der Waals surface area contributed by atoms with Crippen molar-refractivity contribution in [2.75, 3.05) is 19.4 Å². The van der Waals surface area contributed by atoms with Gasteiger partial charge >= 0.3 is 0 Å². The van der Waals surface area contributed by atoms with Crippen molar-refractivity contribution in [3.63, 3.8) is 0 Å². The van der Waals surface area contributed by atoms with Crippen LogP contribution in [-0.2, 0) is 14.8 Å². The lowest BCUT2D eigenvalue weighted by Crippen LogP contribution is -2.34. The number of nitrogens with one attached hydrogen (secondary N) is 1. The lowest BCUT2D eigenvalue weighted by Gasteiger charge is -2.25. The molecule has 2 rings (SSSR count).